The van der Waals surface area contributed by atoms with E-state index < -0.39 is 0 Å². The molecule has 2 aliphatic heterocycles. The number of nitrogens with zero attached hydrogens (tertiary/aromatic N) is 4. The molecule has 1 N–H and O–H groups in total. The van der Waals surface area contributed by atoms with Crippen molar-refractivity contribution in [2.75, 3.05) is 50.1 Å². The second-order valence-corrected chi connectivity index (χ2v) is 5.73. The molecule has 3 heterocycles. The molecular weight excluding hydrogens is 226 g/mol. The summed E-state index contributed by atoms with van der Waals surface area (Å²) in [5.41, 5.74) is 0.489. The lowest BCUT2D eigenvalue weighted by atomic mass is 9.87. The molecule has 0 amide bonds. The van der Waals surface area contributed by atoms with E-state index in [0.29, 0.717) is 5.41 Å². The Hall–Kier alpha value is -1.36. The Bertz CT molecular complexity index is 425. The highest BCUT2D eigenvalue weighted by molar-refractivity contribution is 5.50. The maximum atomic E-state index is 4.43. The van der Waals surface area contributed by atoms with Gasteiger partial charge in [-0.25, -0.2) is 9.97 Å². The van der Waals surface area contributed by atoms with E-state index in [2.05, 4.69) is 26.3 Å². The van der Waals surface area contributed by atoms with Gasteiger partial charge in [-0.1, -0.05) is 0 Å². The van der Waals surface area contributed by atoms with Crippen molar-refractivity contribution in [3.8, 4) is 0 Å². The zero-order valence-electron chi connectivity index (χ0n) is 11.2. The third kappa shape index (κ3) is 2.03. The lowest BCUT2D eigenvalue weighted by Crippen LogP contribution is -2.29. The average Bonchev–Trinajstić information content (AvgIpc) is 3.01. The van der Waals surface area contributed by atoms with Gasteiger partial charge in [0.1, 0.15) is 18.0 Å². The lowest BCUT2D eigenvalue weighted by molar-refractivity contribution is 0.369. The molecule has 98 valence electrons. The molecule has 1 spiro atoms. The molecule has 2 fully saturated rings. The van der Waals surface area contributed by atoms with E-state index in [-0.39, 0.29) is 0 Å². The summed E-state index contributed by atoms with van der Waals surface area (Å²) in [5, 5.41) is 3.49. The molecular formula is C13H21N5. The second kappa shape index (κ2) is 4.39. The standard InChI is InChI=1S/C13H21N5/c1-17(2)11-7-12(16-10-15-11)18-6-4-13(9-18)3-5-14-8-13/h7,10,14H,3-6,8-9H2,1-2H3. The molecule has 2 aliphatic rings. The third-order valence-electron chi connectivity index (χ3n) is 4.19. The van der Waals surface area contributed by atoms with Gasteiger partial charge in [0.25, 0.3) is 0 Å². The van der Waals surface area contributed by atoms with Crippen LogP contribution in [0.2, 0.25) is 0 Å². The molecule has 2 saturated heterocycles. The summed E-state index contributed by atoms with van der Waals surface area (Å²) in [6.07, 6.45) is 4.25. The largest absolute Gasteiger partial charge is 0.363 e. The van der Waals surface area contributed by atoms with E-state index in [4.69, 9.17) is 0 Å². The van der Waals surface area contributed by atoms with Gasteiger partial charge in [-0.3, -0.25) is 0 Å². The predicted molar refractivity (Wildman–Crippen MR) is 73.1 cm³/mol. The minimum atomic E-state index is 0.489. The molecule has 0 aromatic carbocycles. The zero-order chi connectivity index (χ0) is 12.6. The van der Waals surface area contributed by atoms with Crippen LogP contribution in [-0.4, -0.2) is 50.2 Å². The van der Waals surface area contributed by atoms with Crippen molar-refractivity contribution in [1.29, 1.82) is 0 Å². The van der Waals surface area contributed by atoms with Crippen LogP contribution in [-0.2, 0) is 0 Å². The fraction of sp³-hybridized carbons (Fsp3) is 0.692. The second-order valence-electron chi connectivity index (χ2n) is 5.73. The van der Waals surface area contributed by atoms with Crippen LogP contribution in [0.25, 0.3) is 0 Å². The number of hydrogen-bond acceptors (Lipinski definition) is 5. The van der Waals surface area contributed by atoms with Crippen LogP contribution in [0.3, 0.4) is 0 Å². The predicted octanol–water partition coefficient (Wildman–Crippen LogP) is 0.732. The van der Waals surface area contributed by atoms with E-state index in [1.165, 1.54) is 19.4 Å². The highest BCUT2D eigenvalue weighted by Gasteiger charge is 2.40. The van der Waals surface area contributed by atoms with Crippen molar-refractivity contribution >= 4 is 11.6 Å². The van der Waals surface area contributed by atoms with E-state index in [9.17, 15) is 0 Å². The maximum absolute atomic E-state index is 4.43. The van der Waals surface area contributed by atoms with Gasteiger partial charge in [0.05, 0.1) is 0 Å². The number of aromatic nitrogens is 2. The first-order valence-corrected chi connectivity index (χ1v) is 6.64. The first-order valence-electron chi connectivity index (χ1n) is 6.64. The fourth-order valence-corrected chi connectivity index (χ4v) is 3.03. The Balaban J connectivity index is 1.78. The van der Waals surface area contributed by atoms with Gasteiger partial charge in [-0.05, 0) is 19.4 Å². The highest BCUT2D eigenvalue weighted by Crippen LogP contribution is 2.37. The molecule has 1 unspecified atom stereocenters. The monoisotopic (exact) mass is 247 g/mol. The van der Waals surface area contributed by atoms with Crippen molar-refractivity contribution in [2.45, 2.75) is 12.8 Å². The molecule has 5 heteroatoms. The SMILES string of the molecule is CN(C)c1cc(N2CCC3(CCNC3)C2)ncn1. The topological polar surface area (TPSA) is 44.3 Å². The Morgan fingerprint density at radius 1 is 1.33 bits per heavy atom. The van der Waals surface area contributed by atoms with Crippen molar-refractivity contribution < 1.29 is 0 Å². The molecule has 18 heavy (non-hydrogen) atoms. The van der Waals surface area contributed by atoms with E-state index in [1.54, 1.807) is 6.33 Å². The lowest BCUT2D eigenvalue weighted by Gasteiger charge is -2.23. The van der Waals surface area contributed by atoms with E-state index in [1.807, 2.05) is 19.0 Å². The fourth-order valence-electron chi connectivity index (χ4n) is 3.03. The van der Waals surface area contributed by atoms with Crippen LogP contribution in [0.15, 0.2) is 12.4 Å². The number of rotatable bonds is 2. The summed E-state index contributed by atoms with van der Waals surface area (Å²) in [4.78, 5) is 13.1. The van der Waals surface area contributed by atoms with Gasteiger partial charge in [-0.15, -0.1) is 0 Å². The zero-order valence-corrected chi connectivity index (χ0v) is 11.2. The summed E-state index contributed by atoms with van der Waals surface area (Å²) in [6.45, 7) is 4.57. The van der Waals surface area contributed by atoms with Crippen molar-refractivity contribution in [3.63, 3.8) is 0 Å². The first-order chi connectivity index (χ1) is 8.69. The van der Waals surface area contributed by atoms with Crippen LogP contribution in [0.4, 0.5) is 11.6 Å². The smallest absolute Gasteiger partial charge is 0.134 e. The summed E-state index contributed by atoms with van der Waals surface area (Å²) in [5.74, 6) is 2.04. The Labute approximate surface area is 108 Å². The Kier molecular flexibility index (Phi) is 2.86. The third-order valence-corrected chi connectivity index (χ3v) is 4.19. The minimum Gasteiger partial charge on any atom is -0.363 e. The number of hydrogen-bond donors (Lipinski definition) is 1. The normalized spacial score (nSPS) is 27.1. The molecule has 0 saturated carbocycles. The van der Waals surface area contributed by atoms with Crippen molar-refractivity contribution in [2.24, 2.45) is 5.41 Å². The molecule has 1 atom stereocenters. The number of anilines is 2. The summed E-state index contributed by atoms with van der Waals surface area (Å²) < 4.78 is 0. The van der Waals surface area contributed by atoms with Crippen LogP contribution in [0, 0.1) is 5.41 Å². The Morgan fingerprint density at radius 3 is 2.94 bits per heavy atom. The molecule has 0 bridgehead atoms. The summed E-state index contributed by atoms with van der Waals surface area (Å²) in [7, 11) is 4.02. The molecule has 0 aliphatic carbocycles. The van der Waals surface area contributed by atoms with Crippen molar-refractivity contribution in [1.82, 2.24) is 15.3 Å². The molecule has 3 rings (SSSR count). The molecule has 1 aromatic heterocycles. The molecule has 0 radical (unpaired) electrons. The van der Waals surface area contributed by atoms with Crippen LogP contribution in [0.5, 0.6) is 0 Å². The quantitative estimate of drug-likeness (QED) is 0.835. The van der Waals surface area contributed by atoms with Gasteiger partial charge in [0.2, 0.25) is 0 Å². The summed E-state index contributed by atoms with van der Waals surface area (Å²) >= 11 is 0. The van der Waals surface area contributed by atoms with Crippen LogP contribution in [0.1, 0.15) is 12.8 Å². The molecule has 5 nitrogen and oxygen atoms in total. The summed E-state index contributed by atoms with van der Waals surface area (Å²) in [6, 6.07) is 2.08. The first kappa shape index (κ1) is 11.7. The van der Waals surface area contributed by atoms with Gasteiger partial charge < -0.3 is 15.1 Å². The van der Waals surface area contributed by atoms with Gasteiger partial charge in [0.15, 0.2) is 0 Å². The van der Waals surface area contributed by atoms with Crippen LogP contribution < -0.4 is 15.1 Å². The minimum absolute atomic E-state index is 0.489. The van der Waals surface area contributed by atoms with E-state index >= 15 is 0 Å². The molecule has 1 aromatic rings. The van der Waals surface area contributed by atoms with Gasteiger partial charge in [0, 0.05) is 45.2 Å². The van der Waals surface area contributed by atoms with Crippen molar-refractivity contribution in [3.05, 3.63) is 12.4 Å². The maximum Gasteiger partial charge on any atom is 0.134 e. The average molecular weight is 247 g/mol. The van der Waals surface area contributed by atoms with E-state index in [0.717, 1.165) is 31.3 Å². The number of nitrogens with one attached hydrogen (secondary N) is 1. The van der Waals surface area contributed by atoms with Crippen LogP contribution >= 0.6 is 0 Å². The Morgan fingerprint density at radius 2 is 2.22 bits per heavy atom. The van der Waals surface area contributed by atoms with Gasteiger partial charge in [-0.2, -0.15) is 0 Å². The highest BCUT2D eigenvalue weighted by atomic mass is 15.2. The van der Waals surface area contributed by atoms with Gasteiger partial charge >= 0.3 is 0 Å².